The lowest BCUT2D eigenvalue weighted by atomic mass is 9.97. The van der Waals surface area contributed by atoms with Crippen LogP contribution in [0.2, 0.25) is 0 Å². The molecule has 3 amide bonds. The number of benzene rings is 2. The molecule has 2 saturated heterocycles. The van der Waals surface area contributed by atoms with E-state index in [2.05, 4.69) is 77.1 Å². The molecule has 2 aliphatic heterocycles. The number of likely N-dealkylation sites (tertiary alicyclic amines) is 2. The Hall–Kier alpha value is -5.87. The van der Waals surface area contributed by atoms with Crippen LogP contribution in [0.1, 0.15) is 69.0 Å². The van der Waals surface area contributed by atoms with Gasteiger partial charge in [-0.3, -0.25) is 20.0 Å². The number of nitrogens with one attached hydrogen (secondary N) is 4. The summed E-state index contributed by atoms with van der Waals surface area (Å²) in [6.45, 7) is 4.90. The molecule has 6 N–H and O–H groups in total. The Labute approximate surface area is 312 Å². The van der Waals surface area contributed by atoms with E-state index < -0.39 is 11.7 Å². The molecule has 2 aliphatic rings. The van der Waals surface area contributed by atoms with Gasteiger partial charge in [0, 0.05) is 32.8 Å². The number of aromatic nitrogens is 7. The molecule has 5 aromatic rings. The fourth-order valence-corrected chi connectivity index (χ4v) is 7.48. The Balaban J connectivity index is 1.01. The molecule has 7 rings (SSSR count). The molecule has 3 aromatic heterocycles. The highest BCUT2D eigenvalue weighted by Gasteiger charge is 2.45. The lowest BCUT2D eigenvalue weighted by Gasteiger charge is -2.33. The van der Waals surface area contributed by atoms with E-state index in [1.165, 1.54) is 0 Å². The van der Waals surface area contributed by atoms with E-state index >= 15 is 0 Å². The number of hydrogen-bond acceptors (Lipinski definition) is 10. The van der Waals surface area contributed by atoms with Gasteiger partial charge in [-0.15, -0.1) is 5.10 Å². The van der Waals surface area contributed by atoms with Crippen molar-refractivity contribution < 1.29 is 23.9 Å². The summed E-state index contributed by atoms with van der Waals surface area (Å²) in [5.41, 5.74) is 10.1. The van der Waals surface area contributed by atoms with Crippen molar-refractivity contribution in [2.75, 3.05) is 26.9 Å². The first kappa shape index (κ1) is 36.5. The van der Waals surface area contributed by atoms with Crippen LogP contribution >= 0.6 is 0 Å². The van der Waals surface area contributed by atoms with Gasteiger partial charge in [-0.05, 0) is 61.8 Å². The van der Waals surface area contributed by atoms with Gasteiger partial charge >= 0.3 is 6.09 Å². The third kappa shape index (κ3) is 7.61. The maximum absolute atomic E-state index is 13.9. The van der Waals surface area contributed by atoms with Crippen molar-refractivity contribution in [1.29, 1.82) is 0 Å². The van der Waals surface area contributed by atoms with E-state index in [0.717, 1.165) is 58.7 Å². The maximum Gasteiger partial charge on any atom is 0.405 e. The summed E-state index contributed by atoms with van der Waals surface area (Å²) in [5, 5.41) is 13.4. The molecule has 54 heavy (non-hydrogen) atoms. The van der Waals surface area contributed by atoms with Crippen molar-refractivity contribution in [3.05, 3.63) is 84.5 Å². The van der Waals surface area contributed by atoms with E-state index in [-0.39, 0.29) is 36.4 Å². The van der Waals surface area contributed by atoms with Gasteiger partial charge in [-0.2, -0.15) is 0 Å². The first-order valence-electron chi connectivity index (χ1n) is 18.1. The number of methoxy groups -OCH3 is 1. The molecule has 0 aliphatic carbocycles. The maximum atomic E-state index is 13.9. The number of nitrogens with two attached hydrogens (primary N) is 1. The third-order valence-electron chi connectivity index (χ3n) is 10.3. The van der Waals surface area contributed by atoms with Crippen LogP contribution < -0.4 is 11.1 Å². The van der Waals surface area contributed by atoms with E-state index in [0.29, 0.717) is 37.8 Å². The smallest absolute Gasteiger partial charge is 0.405 e. The van der Waals surface area contributed by atoms with Crippen LogP contribution in [0.15, 0.2) is 67.1 Å². The molecule has 16 heteroatoms. The number of amides is 3. The van der Waals surface area contributed by atoms with Gasteiger partial charge < -0.3 is 35.0 Å². The van der Waals surface area contributed by atoms with Crippen molar-refractivity contribution in [2.24, 2.45) is 5.73 Å². The Bertz CT molecular complexity index is 2060. The molecule has 0 radical (unpaired) electrons. The number of primary amides is 1. The van der Waals surface area contributed by atoms with E-state index in [1.807, 2.05) is 30.2 Å². The number of hydrogen-bond donors (Lipinski definition) is 5. The summed E-state index contributed by atoms with van der Waals surface area (Å²) in [4.78, 5) is 58.6. The number of aromatic amines is 3. The number of carbonyl (C=O) groups is 3. The Kier molecular flexibility index (Phi) is 10.6. The second-order valence-corrected chi connectivity index (χ2v) is 14.0. The highest BCUT2D eigenvalue weighted by molar-refractivity contribution is 5.88. The molecule has 5 heterocycles. The minimum atomic E-state index is -1.56. The zero-order valence-corrected chi connectivity index (χ0v) is 30.5. The second kappa shape index (κ2) is 15.6. The van der Waals surface area contributed by atoms with Crippen LogP contribution in [0.25, 0.3) is 33.6 Å². The average Bonchev–Trinajstić information content (AvgIpc) is 4.03. The van der Waals surface area contributed by atoms with Gasteiger partial charge in [0.15, 0.2) is 5.60 Å². The van der Waals surface area contributed by atoms with Crippen LogP contribution in [0, 0.1) is 0 Å². The molecule has 0 bridgehead atoms. The number of H-pyrrole nitrogens is 3. The predicted octanol–water partition coefficient (Wildman–Crippen LogP) is 4.26. The molecule has 2 fully saturated rings. The molecule has 2 aromatic carbocycles. The van der Waals surface area contributed by atoms with Crippen molar-refractivity contribution in [2.45, 2.75) is 69.7 Å². The van der Waals surface area contributed by atoms with Gasteiger partial charge in [0.05, 0.1) is 54.3 Å². The number of carbonyl (C=O) groups excluding carboxylic acids is 3. The Morgan fingerprint density at radius 3 is 1.94 bits per heavy atom. The lowest BCUT2D eigenvalue weighted by molar-refractivity contribution is -0.150. The highest BCUT2D eigenvalue weighted by Crippen LogP contribution is 2.36. The number of ether oxygens (including phenoxy) is 2. The molecule has 282 valence electrons. The first-order chi connectivity index (χ1) is 26.1. The summed E-state index contributed by atoms with van der Waals surface area (Å²) < 4.78 is 10.5. The zero-order valence-electron chi connectivity index (χ0n) is 30.5. The summed E-state index contributed by atoms with van der Waals surface area (Å²) in [7, 11) is 1.60. The molecular weight excluding hydrogens is 690 g/mol. The normalized spacial score (nSPS) is 18.8. The fourth-order valence-electron chi connectivity index (χ4n) is 7.48. The van der Waals surface area contributed by atoms with Crippen LogP contribution in [-0.2, 0) is 25.5 Å². The van der Waals surface area contributed by atoms with Crippen molar-refractivity contribution in [1.82, 2.24) is 50.5 Å². The van der Waals surface area contributed by atoms with Crippen LogP contribution in [0.5, 0.6) is 0 Å². The van der Waals surface area contributed by atoms with Gasteiger partial charge in [-0.1, -0.05) is 53.7 Å². The molecular formula is C38H45N11O5. The minimum absolute atomic E-state index is 0.0214. The largest absolute Gasteiger partial charge is 0.433 e. The van der Waals surface area contributed by atoms with Crippen LogP contribution in [-0.4, -0.2) is 102 Å². The monoisotopic (exact) mass is 735 g/mol. The summed E-state index contributed by atoms with van der Waals surface area (Å²) in [5.74, 6) is 1.12. The SMILES string of the molecule is COCN[C@@H](C)C(=O)N1CCC[C@H]1c1ncc(-c2ccc(-c3ccc(-c4cnc([C@@H]5CCCN5C(=O)[C@](C)(Cc5c[nH]nn5)OC(N)=O)[nH]4)cc3)cc2)[nH]1. The zero-order chi connectivity index (χ0) is 37.8. The Morgan fingerprint density at radius 2 is 1.43 bits per heavy atom. The predicted molar refractivity (Wildman–Crippen MR) is 198 cm³/mol. The second-order valence-electron chi connectivity index (χ2n) is 14.0. The van der Waals surface area contributed by atoms with Gasteiger partial charge in [-0.25, -0.2) is 14.8 Å². The van der Waals surface area contributed by atoms with Crippen LogP contribution in [0.3, 0.4) is 0 Å². The highest BCUT2D eigenvalue weighted by atomic mass is 16.6. The summed E-state index contributed by atoms with van der Waals surface area (Å²) >= 11 is 0. The Morgan fingerprint density at radius 1 is 0.889 bits per heavy atom. The molecule has 0 saturated carbocycles. The lowest BCUT2D eigenvalue weighted by Crippen LogP contribution is -2.52. The van der Waals surface area contributed by atoms with Gasteiger partial charge in [0.2, 0.25) is 5.91 Å². The number of nitrogens with zero attached hydrogens (tertiary/aromatic N) is 6. The first-order valence-corrected chi connectivity index (χ1v) is 18.1. The molecule has 16 nitrogen and oxygen atoms in total. The van der Waals surface area contributed by atoms with E-state index in [4.69, 9.17) is 15.2 Å². The summed E-state index contributed by atoms with van der Waals surface area (Å²) in [6, 6.07) is 15.7. The summed E-state index contributed by atoms with van der Waals surface area (Å²) in [6.07, 6.45) is 7.40. The molecule has 0 spiro atoms. The van der Waals surface area contributed by atoms with Crippen molar-refractivity contribution >= 4 is 17.9 Å². The van der Waals surface area contributed by atoms with Crippen molar-refractivity contribution in [3.8, 4) is 33.6 Å². The molecule has 0 unspecified atom stereocenters. The average molecular weight is 736 g/mol. The van der Waals surface area contributed by atoms with E-state index in [9.17, 15) is 14.4 Å². The third-order valence-corrected chi connectivity index (χ3v) is 10.3. The minimum Gasteiger partial charge on any atom is -0.433 e. The van der Waals surface area contributed by atoms with Gasteiger partial charge in [0.1, 0.15) is 11.6 Å². The topological polar surface area (TPSA) is 213 Å². The number of imidazole rings is 2. The van der Waals surface area contributed by atoms with Gasteiger partial charge in [0.25, 0.3) is 5.91 Å². The van der Waals surface area contributed by atoms with E-state index in [1.54, 1.807) is 31.3 Å². The fraction of sp³-hybridized carbons (Fsp3) is 0.395. The van der Waals surface area contributed by atoms with Crippen molar-refractivity contribution in [3.63, 3.8) is 0 Å². The quantitative estimate of drug-likeness (QED) is 0.108. The molecule has 4 atom stereocenters. The standard InChI is InChI=1S/C38H45N11O5/c1-23(42-22-53-3)35(50)48-16-4-6-31(48)33-40-20-29(44-33)26-12-8-24(9-13-26)25-10-14-27(15-11-25)30-21-41-34(45-30)32-7-5-17-49(32)36(51)38(2,54-37(39)52)18-28-19-43-47-46-28/h8-15,19-21,23,31-32,42H,4-7,16-18,22H2,1-3H3,(H2,39,52)(H,40,44)(H,41,45)(H,43,46,47)/t23-,31-,32-,38-/m0/s1. The van der Waals surface area contributed by atoms with Crippen LogP contribution in [0.4, 0.5) is 4.79 Å². The number of rotatable bonds is 13.